The van der Waals surface area contributed by atoms with E-state index in [1.807, 2.05) is 0 Å². The van der Waals surface area contributed by atoms with E-state index in [0.29, 0.717) is 16.8 Å². The van der Waals surface area contributed by atoms with E-state index in [-0.39, 0.29) is 24.2 Å². The fourth-order valence-electron chi connectivity index (χ4n) is 1.97. The number of nitrogens with one attached hydrogen (secondary N) is 3. The van der Waals surface area contributed by atoms with Gasteiger partial charge in [-0.2, -0.15) is 9.90 Å². The number of amides is 2. The fourth-order valence-corrected chi connectivity index (χ4v) is 1.97. The summed E-state index contributed by atoms with van der Waals surface area (Å²) in [5, 5.41) is 12.9. The van der Waals surface area contributed by atoms with Crippen LogP contribution in [0.15, 0.2) is 33.6 Å². The van der Waals surface area contributed by atoms with E-state index >= 15 is 0 Å². The third-order valence-corrected chi connectivity index (χ3v) is 2.83. The van der Waals surface area contributed by atoms with Gasteiger partial charge in [-0.25, -0.2) is 4.79 Å². The second-order valence-electron chi connectivity index (χ2n) is 4.72. The summed E-state index contributed by atoms with van der Waals surface area (Å²) in [6.45, 7) is 1.22. The van der Waals surface area contributed by atoms with Crippen molar-refractivity contribution in [1.82, 2.24) is 20.0 Å². The molecule has 0 aliphatic carbocycles. The molecule has 0 bridgehead atoms. The van der Waals surface area contributed by atoms with Gasteiger partial charge in [-0.3, -0.25) is 14.6 Å². The maximum Gasteiger partial charge on any atom is 0.417 e. The topological polar surface area (TPSA) is 135 Å². The fraction of sp³-hybridized carbons (Fsp3) is 0.154. The molecule has 0 radical (unpaired) electrons. The molecule has 2 aromatic heterocycles. The zero-order chi connectivity index (χ0) is 16.4. The Morgan fingerprint density at radius 2 is 2.17 bits per heavy atom. The molecule has 1 aromatic carbocycles. The summed E-state index contributed by atoms with van der Waals surface area (Å²) in [5.74, 6) is -0.929. The van der Waals surface area contributed by atoms with Crippen molar-refractivity contribution in [3.63, 3.8) is 0 Å². The molecule has 2 amide bonds. The first-order valence-electron chi connectivity index (χ1n) is 6.60. The number of rotatable bonds is 4. The number of benzene rings is 1. The summed E-state index contributed by atoms with van der Waals surface area (Å²) in [7, 11) is 0. The van der Waals surface area contributed by atoms with Gasteiger partial charge < -0.3 is 15.1 Å². The molecule has 118 valence electrons. The van der Waals surface area contributed by atoms with E-state index in [9.17, 15) is 14.4 Å². The maximum absolute atomic E-state index is 12.0. The largest absolute Gasteiger partial charge is 0.417 e. The van der Waals surface area contributed by atoms with Crippen molar-refractivity contribution in [1.29, 1.82) is 0 Å². The van der Waals surface area contributed by atoms with Crippen molar-refractivity contribution < 1.29 is 14.0 Å². The van der Waals surface area contributed by atoms with Crippen molar-refractivity contribution >= 4 is 34.4 Å². The summed E-state index contributed by atoms with van der Waals surface area (Å²) in [6.07, 6.45) is 1.34. The Balaban J connectivity index is 1.66. The minimum atomic E-state index is -0.560. The second-order valence-corrected chi connectivity index (χ2v) is 4.72. The lowest BCUT2D eigenvalue weighted by Gasteiger charge is -2.04. The lowest BCUT2D eigenvalue weighted by molar-refractivity contribution is -0.117. The van der Waals surface area contributed by atoms with Crippen molar-refractivity contribution in [3.8, 4) is 0 Å². The molecule has 3 aromatic rings. The Morgan fingerprint density at radius 1 is 1.35 bits per heavy atom. The number of nitrogens with zero attached hydrogens (tertiary/aromatic N) is 3. The van der Waals surface area contributed by atoms with Crippen LogP contribution in [0.5, 0.6) is 0 Å². The summed E-state index contributed by atoms with van der Waals surface area (Å²) in [6, 6.07) is 4.76. The third-order valence-electron chi connectivity index (χ3n) is 2.83. The molecule has 0 aliphatic rings. The van der Waals surface area contributed by atoms with Crippen LogP contribution in [0, 0.1) is 0 Å². The van der Waals surface area contributed by atoms with Crippen molar-refractivity contribution in [3.05, 3.63) is 34.9 Å². The monoisotopic (exact) mass is 316 g/mol. The standard InChI is InChI=1S/C13H12N6O4/c1-7(20)15-11-5-14-19(18-11)6-12(21)16-8-2-3-10-9(4-8)17-13(22)23-10/h2-5H,6H2,1H3,(H,16,21)(H,17,22)(H,15,18,20). The number of aromatic amines is 1. The molecule has 2 heterocycles. The highest BCUT2D eigenvalue weighted by molar-refractivity contribution is 5.92. The highest BCUT2D eigenvalue weighted by Gasteiger charge is 2.09. The van der Waals surface area contributed by atoms with Crippen LogP contribution in [0.4, 0.5) is 11.5 Å². The van der Waals surface area contributed by atoms with Gasteiger partial charge in [-0.15, -0.1) is 5.10 Å². The molecule has 3 N–H and O–H groups in total. The molecule has 0 saturated carbocycles. The number of fused-ring (bicyclic) bond motifs is 1. The molecule has 0 aliphatic heterocycles. The summed E-state index contributed by atoms with van der Waals surface area (Å²) < 4.78 is 4.88. The number of hydrogen-bond acceptors (Lipinski definition) is 6. The Bertz CT molecular complexity index is 937. The summed E-state index contributed by atoms with van der Waals surface area (Å²) >= 11 is 0. The maximum atomic E-state index is 12.0. The molecular formula is C13H12N6O4. The van der Waals surface area contributed by atoms with Gasteiger partial charge in [0.05, 0.1) is 11.7 Å². The minimum Gasteiger partial charge on any atom is -0.408 e. The minimum absolute atomic E-state index is 0.125. The molecule has 3 rings (SSSR count). The lowest BCUT2D eigenvalue weighted by Crippen LogP contribution is -2.20. The zero-order valence-electron chi connectivity index (χ0n) is 12.0. The van der Waals surface area contributed by atoms with Crippen LogP contribution in [-0.2, 0) is 16.1 Å². The molecule has 10 nitrogen and oxygen atoms in total. The molecular weight excluding hydrogens is 304 g/mol. The van der Waals surface area contributed by atoms with Crippen molar-refractivity contribution in [2.75, 3.05) is 10.6 Å². The number of carbonyl (C=O) groups excluding carboxylic acids is 2. The molecule has 0 saturated heterocycles. The average molecular weight is 316 g/mol. The van der Waals surface area contributed by atoms with Gasteiger partial charge in [0.1, 0.15) is 6.54 Å². The van der Waals surface area contributed by atoms with Crippen LogP contribution in [0.2, 0.25) is 0 Å². The van der Waals surface area contributed by atoms with Crippen molar-refractivity contribution in [2.45, 2.75) is 13.5 Å². The van der Waals surface area contributed by atoms with Crippen LogP contribution in [0.25, 0.3) is 11.1 Å². The first-order chi connectivity index (χ1) is 11.0. The van der Waals surface area contributed by atoms with Crippen LogP contribution in [0.1, 0.15) is 6.92 Å². The number of oxazole rings is 1. The van der Waals surface area contributed by atoms with Crippen LogP contribution < -0.4 is 16.4 Å². The molecule has 0 unspecified atom stereocenters. The smallest absolute Gasteiger partial charge is 0.408 e. The summed E-state index contributed by atoms with van der Waals surface area (Å²) in [4.78, 5) is 37.6. The highest BCUT2D eigenvalue weighted by atomic mass is 16.4. The SMILES string of the molecule is CC(=O)Nc1cnn(CC(=O)Nc2ccc3oc(=O)[nH]c3c2)n1. The van der Waals surface area contributed by atoms with Gasteiger partial charge in [-0.1, -0.05) is 0 Å². The lowest BCUT2D eigenvalue weighted by atomic mass is 10.3. The first-order valence-corrected chi connectivity index (χ1v) is 6.60. The third kappa shape index (κ3) is 3.43. The van der Waals surface area contributed by atoms with E-state index in [1.165, 1.54) is 13.1 Å². The Kier molecular flexibility index (Phi) is 3.63. The Labute approximate surface area is 128 Å². The average Bonchev–Trinajstić information content (AvgIpc) is 3.03. The molecule has 0 fully saturated rings. The zero-order valence-corrected chi connectivity index (χ0v) is 12.0. The van der Waals surface area contributed by atoms with Crippen LogP contribution in [-0.4, -0.2) is 31.8 Å². The number of H-pyrrole nitrogens is 1. The van der Waals surface area contributed by atoms with Crippen LogP contribution in [0.3, 0.4) is 0 Å². The molecule has 0 atom stereocenters. The van der Waals surface area contributed by atoms with E-state index in [4.69, 9.17) is 4.42 Å². The predicted octanol–water partition coefficient (Wildman–Crippen LogP) is 0.310. The Hall–Kier alpha value is -3.43. The normalized spacial score (nSPS) is 10.7. The molecule has 23 heavy (non-hydrogen) atoms. The van der Waals surface area contributed by atoms with Crippen LogP contribution >= 0.6 is 0 Å². The summed E-state index contributed by atoms with van der Waals surface area (Å²) in [5.41, 5.74) is 1.38. The van der Waals surface area contributed by atoms with Crippen molar-refractivity contribution in [2.24, 2.45) is 0 Å². The number of carbonyl (C=O) groups is 2. The highest BCUT2D eigenvalue weighted by Crippen LogP contribution is 2.16. The van der Waals surface area contributed by atoms with E-state index < -0.39 is 5.76 Å². The quantitative estimate of drug-likeness (QED) is 0.634. The molecule has 10 heteroatoms. The van der Waals surface area contributed by atoms with Gasteiger partial charge in [0.15, 0.2) is 11.4 Å². The first kappa shape index (κ1) is 14.5. The van der Waals surface area contributed by atoms with E-state index in [0.717, 1.165) is 4.80 Å². The molecule has 0 spiro atoms. The number of hydrogen-bond donors (Lipinski definition) is 3. The number of anilines is 2. The van der Waals surface area contributed by atoms with Gasteiger partial charge in [-0.05, 0) is 18.2 Å². The van der Waals surface area contributed by atoms with Gasteiger partial charge in [0.25, 0.3) is 0 Å². The predicted molar refractivity (Wildman–Crippen MR) is 79.8 cm³/mol. The van der Waals surface area contributed by atoms with E-state index in [1.54, 1.807) is 18.2 Å². The number of aromatic nitrogens is 4. The van der Waals surface area contributed by atoms with Gasteiger partial charge >= 0.3 is 5.76 Å². The van der Waals surface area contributed by atoms with E-state index in [2.05, 4.69) is 25.8 Å². The van der Waals surface area contributed by atoms with Gasteiger partial charge in [0, 0.05) is 12.6 Å². The second kappa shape index (κ2) is 5.75. The Morgan fingerprint density at radius 3 is 2.96 bits per heavy atom. The van der Waals surface area contributed by atoms with Gasteiger partial charge in [0.2, 0.25) is 11.8 Å².